The average Bonchev–Trinajstić information content (AvgIpc) is 3.26. The number of benzene rings is 1. The number of halogens is 1. The Hall–Kier alpha value is -2.37. The molecule has 6 heteroatoms. The fourth-order valence-corrected chi connectivity index (χ4v) is 3.75. The number of carbonyl (C=O) groups excluding carboxylic acids is 1. The number of aryl methyl sites for hydroxylation is 1. The van der Waals surface area contributed by atoms with Gasteiger partial charge in [-0.15, -0.1) is 0 Å². The lowest BCUT2D eigenvalue weighted by Gasteiger charge is -2.06. The Morgan fingerprint density at radius 3 is 2.84 bits per heavy atom. The monoisotopic (exact) mass is 370 g/mol. The summed E-state index contributed by atoms with van der Waals surface area (Å²) in [6, 6.07) is 9.61. The molecule has 0 aliphatic rings. The first kappa shape index (κ1) is 16.1. The maximum absolute atomic E-state index is 11.6. The summed E-state index contributed by atoms with van der Waals surface area (Å²) in [5, 5.41) is 10.1. The number of rotatable bonds is 4. The van der Waals surface area contributed by atoms with Crippen molar-refractivity contribution >= 4 is 39.7 Å². The van der Waals surface area contributed by atoms with Crippen molar-refractivity contribution in [3.63, 3.8) is 0 Å². The second kappa shape index (κ2) is 6.17. The Bertz CT molecular complexity index is 1080. The van der Waals surface area contributed by atoms with Gasteiger partial charge in [0.1, 0.15) is 17.0 Å². The first-order chi connectivity index (χ1) is 12.0. The molecule has 0 unspecified atom stereocenters. The van der Waals surface area contributed by atoms with Crippen LogP contribution in [0.1, 0.15) is 28.7 Å². The van der Waals surface area contributed by atoms with Gasteiger partial charge in [-0.05, 0) is 42.6 Å². The highest BCUT2D eigenvalue weighted by Crippen LogP contribution is 2.33. The summed E-state index contributed by atoms with van der Waals surface area (Å²) in [5.74, 6) is 0.775. The predicted molar refractivity (Wildman–Crippen MR) is 101 cm³/mol. The number of ketones is 1. The molecule has 3 aromatic heterocycles. The van der Waals surface area contributed by atoms with Crippen molar-refractivity contribution in [2.45, 2.75) is 20.4 Å². The van der Waals surface area contributed by atoms with E-state index < -0.39 is 0 Å². The summed E-state index contributed by atoms with van der Waals surface area (Å²) in [6.45, 7) is 3.94. The fourth-order valence-electron chi connectivity index (χ4n) is 2.85. The molecule has 126 valence electrons. The number of fused-ring (bicyclic) bond motifs is 1. The smallest absolute Gasteiger partial charge is 0.179 e. The molecule has 1 aromatic carbocycles. The summed E-state index contributed by atoms with van der Waals surface area (Å²) in [5.41, 5.74) is 4.17. The van der Waals surface area contributed by atoms with Crippen LogP contribution in [-0.2, 0) is 6.54 Å². The van der Waals surface area contributed by atoms with Crippen LogP contribution in [0.25, 0.3) is 22.3 Å². The first-order valence-electron chi connectivity index (χ1n) is 7.81. The molecule has 0 N–H and O–H groups in total. The van der Waals surface area contributed by atoms with E-state index in [4.69, 9.17) is 16.0 Å². The van der Waals surface area contributed by atoms with Gasteiger partial charge in [0.05, 0.1) is 6.54 Å². The number of thiophene rings is 1. The molecule has 0 atom stereocenters. The molecule has 0 amide bonds. The summed E-state index contributed by atoms with van der Waals surface area (Å²) in [4.78, 5) is 11.6. The molecule has 4 rings (SSSR count). The van der Waals surface area contributed by atoms with E-state index >= 15 is 0 Å². The minimum absolute atomic E-state index is 0.0455. The van der Waals surface area contributed by atoms with Gasteiger partial charge in [0, 0.05) is 39.5 Å². The molecule has 0 saturated heterocycles. The maximum atomic E-state index is 11.6. The fraction of sp³-hybridized carbons (Fsp3) is 0.158. The Morgan fingerprint density at radius 2 is 2.16 bits per heavy atom. The lowest BCUT2D eigenvalue weighted by Crippen LogP contribution is -2.05. The summed E-state index contributed by atoms with van der Waals surface area (Å²) in [7, 11) is 0. The average molecular weight is 371 g/mol. The van der Waals surface area contributed by atoms with Crippen LogP contribution in [-0.4, -0.2) is 15.6 Å². The Balaban J connectivity index is 1.80. The van der Waals surface area contributed by atoms with Crippen molar-refractivity contribution in [3.05, 3.63) is 63.1 Å². The Labute approximate surface area is 153 Å². The number of carbonyl (C=O) groups is 1. The SMILES string of the molecule is CC(=O)c1cc(C)n(Cc2cc(Cl)cc3cc(-c4ccsc4)oc23)n1. The molecular weight excluding hydrogens is 356 g/mol. The number of nitrogens with zero attached hydrogens (tertiary/aromatic N) is 2. The summed E-state index contributed by atoms with van der Waals surface area (Å²) in [6.07, 6.45) is 0. The van der Waals surface area contributed by atoms with Crippen LogP contribution in [0, 0.1) is 6.92 Å². The molecule has 0 radical (unpaired) electrons. The zero-order valence-electron chi connectivity index (χ0n) is 13.7. The van der Waals surface area contributed by atoms with E-state index in [1.165, 1.54) is 6.92 Å². The van der Waals surface area contributed by atoms with Crippen LogP contribution in [0.3, 0.4) is 0 Å². The number of hydrogen-bond acceptors (Lipinski definition) is 4. The minimum atomic E-state index is -0.0455. The van der Waals surface area contributed by atoms with E-state index in [9.17, 15) is 4.79 Å². The molecule has 0 aliphatic heterocycles. The zero-order chi connectivity index (χ0) is 17.6. The number of furan rings is 1. The third-order valence-electron chi connectivity index (χ3n) is 4.13. The van der Waals surface area contributed by atoms with Gasteiger partial charge in [0.2, 0.25) is 0 Å². The molecule has 25 heavy (non-hydrogen) atoms. The predicted octanol–water partition coefficient (Wildman–Crippen LogP) is 5.57. The van der Waals surface area contributed by atoms with Gasteiger partial charge in [-0.2, -0.15) is 16.4 Å². The van der Waals surface area contributed by atoms with Gasteiger partial charge in [-0.1, -0.05) is 11.6 Å². The Morgan fingerprint density at radius 1 is 1.32 bits per heavy atom. The van der Waals surface area contributed by atoms with Crippen LogP contribution in [0.2, 0.25) is 5.02 Å². The normalized spacial score (nSPS) is 11.3. The number of Topliss-reactive ketones (excluding diaryl/α,β-unsaturated/α-hetero) is 1. The standard InChI is InChI=1S/C19H15ClN2O2S/c1-11-5-17(12(2)23)21-22(11)9-15-7-16(20)6-14-8-18(24-19(14)15)13-3-4-25-10-13/h3-8,10H,9H2,1-2H3. The topological polar surface area (TPSA) is 48.0 Å². The van der Waals surface area contributed by atoms with Crippen molar-refractivity contribution in [1.82, 2.24) is 9.78 Å². The highest BCUT2D eigenvalue weighted by atomic mass is 35.5. The lowest BCUT2D eigenvalue weighted by atomic mass is 10.1. The highest BCUT2D eigenvalue weighted by Gasteiger charge is 2.14. The van der Waals surface area contributed by atoms with Crippen LogP contribution in [0.4, 0.5) is 0 Å². The van der Waals surface area contributed by atoms with Crippen molar-refractivity contribution in [2.75, 3.05) is 0 Å². The summed E-state index contributed by atoms with van der Waals surface area (Å²) < 4.78 is 7.91. The summed E-state index contributed by atoms with van der Waals surface area (Å²) >= 11 is 7.93. The molecule has 4 aromatic rings. The van der Waals surface area contributed by atoms with Crippen molar-refractivity contribution in [1.29, 1.82) is 0 Å². The van der Waals surface area contributed by atoms with Crippen molar-refractivity contribution < 1.29 is 9.21 Å². The van der Waals surface area contributed by atoms with Crippen LogP contribution < -0.4 is 0 Å². The third-order valence-corrected chi connectivity index (χ3v) is 5.03. The zero-order valence-corrected chi connectivity index (χ0v) is 15.3. The molecule has 0 fully saturated rings. The largest absolute Gasteiger partial charge is 0.456 e. The first-order valence-corrected chi connectivity index (χ1v) is 9.13. The van der Waals surface area contributed by atoms with E-state index in [0.29, 0.717) is 17.3 Å². The molecule has 0 saturated carbocycles. The highest BCUT2D eigenvalue weighted by molar-refractivity contribution is 7.08. The molecular formula is C19H15ClN2O2S. The van der Waals surface area contributed by atoms with E-state index in [1.807, 2.05) is 36.6 Å². The van der Waals surface area contributed by atoms with E-state index in [0.717, 1.165) is 33.6 Å². The second-order valence-corrected chi connectivity index (χ2v) is 7.21. The third kappa shape index (κ3) is 3.01. The second-order valence-electron chi connectivity index (χ2n) is 5.99. The van der Waals surface area contributed by atoms with E-state index in [-0.39, 0.29) is 5.78 Å². The number of hydrogen-bond donors (Lipinski definition) is 0. The van der Waals surface area contributed by atoms with Gasteiger partial charge < -0.3 is 4.42 Å². The molecule has 4 nitrogen and oxygen atoms in total. The van der Waals surface area contributed by atoms with Gasteiger partial charge in [-0.25, -0.2) is 0 Å². The van der Waals surface area contributed by atoms with Crippen LogP contribution >= 0.6 is 22.9 Å². The van der Waals surface area contributed by atoms with E-state index in [1.54, 1.807) is 22.1 Å². The van der Waals surface area contributed by atoms with Gasteiger partial charge in [0.25, 0.3) is 0 Å². The molecule has 0 spiro atoms. The minimum Gasteiger partial charge on any atom is -0.456 e. The molecule has 3 heterocycles. The molecule has 0 bridgehead atoms. The lowest BCUT2D eigenvalue weighted by molar-refractivity contribution is 0.101. The van der Waals surface area contributed by atoms with Gasteiger partial charge in [0.15, 0.2) is 5.78 Å². The Kier molecular flexibility index (Phi) is 3.98. The van der Waals surface area contributed by atoms with Crippen LogP contribution in [0.5, 0.6) is 0 Å². The quantitative estimate of drug-likeness (QED) is 0.441. The maximum Gasteiger partial charge on any atom is 0.179 e. The van der Waals surface area contributed by atoms with Crippen molar-refractivity contribution in [2.24, 2.45) is 0 Å². The van der Waals surface area contributed by atoms with E-state index in [2.05, 4.69) is 10.5 Å². The van der Waals surface area contributed by atoms with Gasteiger partial charge >= 0.3 is 0 Å². The van der Waals surface area contributed by atoms with Gasteiger partial charge in [-0.3, -0.25) is 9.48 Å². The van der Waals surface area contributed by atoms with Crippen molar-refractivity contribution in [3.8, 4) is 11.3 Å². The molecule has 0 aliphatic carbocycles. The number of aromatic nitrogens is 2. The van der Waals surface area contributed by atoms with Crippen LogP contribution in [0.15, 0.2) is 45.5 Å².